The molecule has 78 valence electrons. The lowest BCUT2D eigenvalue weighted by molar-refractivity contribution is -0.127. The number of alkyl halides is 3. The number of hydrogen-bond donors (Lipinski definition) is 1. The van der Waals surface area contributed by atoms with Gasteiger partial charge in [-0.15, -0.1) is 11.3 Å². The zero-order valence-corrected chi connectivity index (χ0v) is 7.87. The second-order valence-electron chi connectivity index (χ2n) is 2.62. The highest BCUT2D eigenvalue weighted by atomic mass is 32.1. The molecule has 0 fully saturated rings. The first-order chi connectivity index (χ1) is 6.29. The second-order valence-corrected chi connectivity index (χ2v) is 3.70. The van der Waals surface area contributed by atoms with Crippen molar-refractivity contribution < 1.29 is 23.1 Å². The van der Waals surface area contributed by atoms with Crippen molar-refractivity contribution in [3.8, 4) is 0 Å². The van der Waals surface area contributed by atoms with Gasteiger partial charge in [0.15, 0.2) is 0 Å². The number of carboxylic acids is 1. The molecule has 7 heteroatoms. The minimum absolute atomic E-state index is 0.127. The van der Waals surface area contributed by atoms with E-state index < -0.39 is 18.6 Å². The van der Waals surface area contributed by atoms with Crippen LogP contribution in [0.2, 0.25) is 0 Å². The Morgan fingerprint density at radius 1 is 1.57 bits per heavy atom. The average Bonchev–Trinajstić information content (AvgIpc) is 2.26. The van der Waals surface area contributed by atoms with Gasteiger partial charge in [-0.1, -0.05) is 0 Å². The van der Waals surface area contributed by atoms with Crippen LogP contribution in [0, 0.1) is 6.92 Å². The lowest BCUT2D eigenvalue weighted by Gasteiger charge is -2.01. The van der Waals surface area contributed by atoms with Gasteiger partial charge in [-0.3, -0.25) is 0 Å². The van der Waals surface area contributed by atoms with E-state index >= 15 is 0 Å². The smallest absolute Gasteiger partial charge is 0.395 e. The molecule has 0 unspecified atom stereocenters. The van der Waals surface area contributed by atoms with E-state index in [-0.39, 0.29) is 15.6 Å². The predicted octanol–water partition coefficient (Wildman–Crippen LogP) is 2.25. The van der Waals surface area contributed by atoms with Crippen LogP contribution >= 0.6 is 11.3 Å². The van der Waals surface area contributed by atoms with Crippen LogP contribution in [0.25, 0.3) is 0 Å². The maximum absolute atomic E-state index is 11.9. The standard InChI is InChI=1S/C7H6F3NO2S/c1-3-5(6(12)13)14-4(11-3)2-7(8,9)10/h2H2,1H3,(H,12,13). The fourth-order valence-corrected chi connectivity index (χ4v) is 1.83. The summed E-state index contributed by atoms with van der Waals surface area (Å²) in [7, 11) is 0. The first-order valence-corrected chi connectivity index (χ1v) is 4.37. The number of nitrogens with zero attached hydrogens (tertiary/aromatic N) is 1. The number of aromatic carboxylic acids is 1. The monoisotopic (exact) mass is 225 g/mol. The van der Waals surface area contributed by atoms with E-state index in [1.807, 2.05) is 0 Å². The number of aryl methyl sites for hydroxylation is 1. The maximum Gasteiger partial charge on any atom is 0.395 e. The lowest BCUT2D eigenvalue weighted by atomic mass is 10.4. The molecule has 0 atom stereocenters. The highest BCUT2D eigenvalue weighted by Crippen LogP contribution is 2.26. The number of aromatic nitrogens is 1. The van der Waals surface area contributed by atoms with Gasteiger partial charge in [0.05, 0.1) is 12.1 Å². The van der Waals surface area contributed by atoms with Crippen LogP contribution in [0.1, 0.15) is 20.4 Å². The van der Waals surface area contributed by atoms with Crippen molar-refractivity contribution >= 4 is 17.3 Å². The minimum atomic E-state index is -4.35. The van der Waals surface area contributed by atoms with Crippen LogP contribution < -0.4 is 0 Å². The fraction of sp³-hybridized carbons (Fsp3) is 0.429. The van der Waals surface area contributed by atoms with Gasteiger partial charge in [0, 0.05) is 0 Å². The van der Waals surface area contributed by atoms with Crippen LogP contribution in [0.4, 0.5) is 13.2 Å². The Labute approximate surface area is 81.2 Å². The van der Waals surface area contributed by atoms with E-state index in [4.69, 9.17) is 5.11 Å². The molecular formula is C7H6F3NO2S. The summed E-state index contributed by atoms with van der Waals surface area (Å²) in [6, 6.07) is 0. The van der Waals surface area contributed by atoms with E-state index in [0.717, 1.165) is 0 Å². The van der Waals surface area contributed by atoms with Crippen molar-refractivity contribution in [2.45, 2.75) is 19.5 Å². The quantitative estimate of drug-likeness (QED) is 0.839. The van der Waals surface area contributed by atoms with Crippen molar-refractivity contribution in [2.75, 3.05) is 0 Å². The molecule has 0 aliphatic carbocycles. The molecular weight excluding hydrogens is 219 g/mol. The molecule has 0 aliphatic rings. The molecule has 0 bridgehead atoms. The molecule has 0 aromatic carbocycles. The average molecular weight is 225 g/mol. The van der Waals surface area contributed by atoms with Gasteiger partial charge in [0.1, 0.15) is 9.88 Å². The van der Waals surface area contributed by atoms with E-state index in [2.05, 4.69) is 4.98 Å². The third-order valence-corrected chi connectivity index (χ3v) is 2.53. The summed E-state index contributed by atoms with van der Waals surface area (Å²) >= 11 is 0.564. The van der Waals surface area contributed by atoms with Crippen LogP contribution in [-0.4, -0.2) is 22.2 Å². The number of carbonyl (C=O) groups is 1. The molecule has 1 heterocycles. The van der Waals surface area contributed by atoms with Crippen molar-refractivity contribution in [1.82, 2.24) is 4.98 Å². The largest absolute Gasteiger partial charge is 0.477 e. The minimum Gasteiger partial charge on any atom is -0.477 e. The van der Waals surface area contributed by atoms with Crippen molar-refractivity contribution in [3.05, 3.63) is 15.6 Å². The Morgan fingerprint density at radius 3 is 2.50 bits per heavy atom. The highest BCUT2D eigenvalue weighted by molar-refractivity contribution is 7.13. The lowest BCUT2D eigenvalue weighted by Crippen LogP contribution is -2.11. The van der Waals surface area contributed by atoms with Crippen LogP contribution in [0.5, 0.6) is 0 Å². The predicted molar refractivity (Wildman–Crippen MR) is 43.6 cm³/mol. The number of halogens is 3. The summed E-state index contributed by atoms with van der Waals surface area (Å²) in [5.74, 6) is -1.24. The first-order valence-electron chi connectivity index (χ1n) is 3.56. The van der Waals surface area contributed by atoms with E-state index in [9.17, 15) is 18.0 Å². The molecule has 1 rings (SSSR count). The van der Waals surface area contributed by atoms with Gasteiger partial charge >= 0.3 is 12.1 Å². The first kappa shape index (κ1) is 11.0. The van der Waals surface area contributed by atoms with E-state index in [0.29, 0.717) is 11.3 Å². The molecule has 0 aliphatic heterocycles. The molecule has 3 nitrogen and oxygen atoms in total. The van der Waals surface area contributed by atoms with Crippen LogP contribution in [0.15, 0.2) is 0 Å². The molecule has 0 saturated carbocycles. The van der Waals surface area contributed by atoms with Gasteiger partial charge in [-0.2, -0.15) is 13.2 Å². The SMILES string of the molecule is Cc1nc(CC(F)(F)F)sc1C(=O)O. The highest BCUT2D eigenvalue weighted by Gasteiger charge is 2.30. The van der Waals surface area contributed by atoms with E-state index in [1.54, 1.807) is 0 Å². The van der Waals surface area contributed by atoms with Crippen molar-refractivity contribution in [2.24, 2.45) is 0 Å². The molecule has 0 amide bonds. The summed E-state index contributed by atoms with van der Waals surface area (Å²) in [5.41, 5.74) is 0.127. The van der Waals surface area contributed by atoms with Crippen LogP contribution in [-0.2, 0) is 6.42 Å². The molecule has 0 saturated heterocycles. The molecule has 1 N–H and O–H groups in total. The molecule has 14 heavy (non-hydrogen) atoms. The van der Waals surface area contributed by atoms with Crippen molar-refractivity contribution in [3.63, 3.8) is 0 Å². The van der Waals surface area contributed by atoms with Gasteiger partial charge in [0.25, 0.3) is 0 Å². The van der Waals surface area contributed by atoms with Gasteiger partial charge in [-0.05, 0) is 6.92 Å². The number of carboxylic acid groups (broad SMARTS) is 1. The van der Waals surface area contributed by atoms with Gasteiger partial charge < -0.3 is 5.11 Å². The Balaban J connectivity index is 2.92. The Bertz CT molecular complexity index is 358. The summed E-state index contributed by atoms with van der Waals surface area (Å²) in [6.45, 7) is 1.37. The topological polar surface area (TPSA) is 50.2 Å². The van der Waals surface area contributed by atoms with Gasteiger partial charge in [0.2, 0.25) is 0 Å². The number of hydrogen-bond acceptors (Lipinski definition) is 3. The van der Waals surface area contributed by atoms with Crippen LogP contribution in [0.3, 0.4) is 0 Å². The molecule has 1 aromatic heterocycles. The van der Waals surface area contributed by atoms with Gasteiger partial charge in [-0.25, -0.2) is 9.78 Å². The second kappa shape index (κ2) is 3.56. The zero-order valence-electron chi connectivity index (χ0n) is 7.05. The van der Waals surface area contributed by atoms with E-state index in [1.165, 1.54) is 6.92 Å². The Morgan fingerprint density at radius 2 is 2.14 bits per heavy atom. The third-order valence-electron chi connectivity index (χ3n) is 1.39. The number of thiazole rings is 1. The maximum atomic E-state index is 11.9. The summed E-state index contributed by atoms with van der Waals surface area (Å²) in [4.78, 5) is 13.9. The molecule has 0 spiro atoms. The van der Waals surface area contributed by atoms with Crippen molar-refractivity contribution in [1.29, 1.82) is 0 Å². The normalized spacial score (nSPS) is 11.7. The Kier molecular flexibility index (Phi) is 2.79. The third kappa shape index (κ3) is 2.69. The molecule has 0 radical (unpaired) electrons. The summed E-state index contributed by atoms with van der Waals surface area (Å²) in [5, 5.41) is 8.35. The summed E-state index contributed by atoms with van der Waals surface area (Å²) in [6.07, 6.45) is -5.52. The summed E-state index contributed by atoms with van der Waals surface area (Å²) < 4.78 is 35.7. The molecule has 1 aromatic rings. The number of rotatable bonds is 2. The Hall–Kier alpha value is -1.11. The fourth-order valence-electron chi connectivity index (χ4n) is 0.898. The zero-order chi connectivity index (χ0) is 10.9.